The van der Waals surface area contributed by atoms with Gasteiger partial charge in [-0.2, -0.15) is 0 Å². The van der Waals surface area contributed by atoms with E-state index in [1.165, 1.54) is 0 Å². The predicted octanol–water partition coefficient (Wildman–Crippen LogP) is 4.40. The first-order chi connectivity index (χ1) is 23.2. The fraction of sp³-hybridized carbons (Fsp3) is 0.838. The van der Waals surface area contributed by atoms with Crippen LogP contribution in [-0.4, -0.2) is 81.2 Å². The number of hydrogen-bond acceptors (Lipinski definition) is 7. The molecule has 0 spiro atoms. The van der Waals surface area contributed by atoms with Gasteiger partial charge in [-0.05, 0) is 68.1 Å². The van der Waals surface area contributed by atoms with Crippen LogP contribution in [0.2, 0.25) is 0 Å². The molecule has 4 amide bonds. The van der Waals surface area contributed by atoms with E-state index in [9.17, 15) is 44.1 Å². The van der Waals surface area contributed by atoms with Crippen LogP contribution in [0.3, 0.4) is 0 Å². The topological polar surface area (TPSA) is 211 Å². The van der Waals surface area contributed by atoms with Gasteiger partial charge in [-0.25, -0.2) is 4.79 Å². The number of hydrogen-bond donors (Lipinski definition) is 7. The highest BCUT2D eigenvalue weighted by atomic mass is 16.4. The highest BCUT2D eigenvalue weighted by molar-refractivity contribution is 5.95. The van der Waals surface area contributed by atoms with Gasteiger partial charge < -0.3 is 36.6 Å². The van der Waals surface area contributed by atoms with Crippen molar-refractivity contribution in [1.29, 1.82) is 0 Å². The SMILES string of the molecule is CCC(C)CC(C)CCCCC(O)CC(=O)NC(CCC(=O)O)C(=O)NC(CC(C)C)C(=O)NC(CC(C)C)C(=O)NC(CC(C)C)C(=O)O. The Bertz CT molecular complexity index is 1070. The number of unbranched alkanes of at least 4 members (excludes halogenated alkanes) is 1. The molecule has 7 N–H and O–H groups in total. The number of rotatable bonds is 27. The molecule has 0 aromatic heterocycles. The zero-order chi connectivity index (χ0) is 38.6. The van der Waals surface area contributed by atoms with Crippen LogP contribution < -0.4 is 21.3 Å². The Morgan fingerprint density at radius 2 is 0.980 bits per heavy atom. The van der Waals surface area contributed by atoms with Crippen LogP contribution in [0.4, 0.5) is 0 Å². The summed E-state index contributed by atoms with van der Waals surface area (Å²) >= 11 is 0. The average Bonchev–Trinajstić information content (AvgIpc) is 2.99. The zero-order valence-electron chi connectivity index (χ0n) is 32.0. The van der Waals surface area contributed by atoms with Gasteiger partial charge in [0.25, 0.3) is 0 Å². The van der Waals surface area contributed by atoms with Gasteiger partial charge >= 0.3 is 11.9 Å². The van der Waals surface area contributed by atoms with E-state index in [1.54, 1.807) is 0 Å². The molecule has 0 rings (SSSR count). The van der Waals surface area contributed by atoms with Crippen LogP contribution in [-0.2, 0) is 28.8 Å². The fourth-order valence-electron chi connectivity index (χ4n) is 5.87. The lowest BCUT2D eigenvalue weighted by Gasteiger charge is -2.27. The summed E-state index contributed by atoms with van der Waals surface area (Å²) in [5, 5.41) is 39.8. The predicted molar refractivity (Wildman–Crippen MR) is 193 cm³/mol. The molecule has 0 aromatic carbocycles. The Morgan fingerprint density at radius 1 is 0.540 bits per heavy atom. The van der Waals surface area contributed by atoms with Crippen LogP contribution in [0.5, 0.6) is 0 Å². The van der Waals surface area contributed by atoms with Gasteiger partial charge in [-0.15, -0.1) is 0 Å². The molecule has 0 aliphatic carbocycles. The number of carbonyl (C=O) groups excluding carboxylic acids is 4. The highest BCUT2D eigenvalue weighted by Crippen LogP contribution is 2.20. The van der Waals surface area contributed by atoms with E-state index < -0.39 is 72.3 Å². The number of carbonyl (C=O) groups is 6. The molecule has 7 unspecified atom stereocenters. The third kappa shape index (κ3) is 21.8. The maximum atomic E-state index is 13.6. The molecule has 290 valence electrons. The van der Waals surface area contributed by atoms with Gasteiger partial charge in [0, 0.05) is 6.42 Å². The van der Waals surface area contributed by atoms with Crippen molar-refractivity contribution in [3.63, 3.8) is 0 Å². The summed E-state index contributed by atoms with van der Waals surface area (Å²) in [6, 6.07) is -4.62. The Morgan fingerprint density at radius 3 is 1.42 bits per heavy atom. The van der Waals surface area contributed by atoms with Gasteiger partial charge in [0.1, 0.15) is 24.2 Å². The van der Waals surface area contributed by atoms with E-state index in [2.05, 4.69) is 42.0 Å². The molecular formula is C37H68N4O9. The lowest BCUT2D eigenvalue weighted by Crippen LogP contribution is -2.58. The van der Waals surface area contributed by atoms with Crippen molar-refractivity contribution in [2.45, 2.75) is 170 Å². The van der Waals surface area contributed by atoms with E-state index in [-0.39, 0.29) is 49.9 Å². The first-order valence-electron chi connectivity index (χ1n) is 18.6. The van der Waals surface area contributed by atoms with E-state index in [4.69, 9.17) is 0 Å². The van der Waals surface area contributed by atoms with E-state index in [0.29, 0.717) is 18.3 Å². The molecule has 50 heavy (non-hydrogen) atoms. The third-order valence-electron chi connectivity index (χ3n) is 8.71. The summed E-state index contributed by atoms with van der Waals surface area (Å²) in [6.45, 7) is 17.7. The van der Waals surface area contributed by atoms with Gasteiger partial charge in [0.2, 0.25) is 23.6 Å². The molecule has 0 saturated carbocycles. The molecule has 0 saturated heterocycles. The molecule has 0 bridgehead atoms. The monoisotopic (exact) mass is 712 g/mol. The number of carboxylic acids is 2. The van der Waals surface area contributed by atoms with Crippen molar-refractivity contribution in [2.24, 2.45) is 29.6 Å². The summed E-state index contributed by atoms with van der Waals surface area (Å²) in [5.74, 6) is -3.92. The summed E-state index contributed by atoms with van der Waals surface area (Å²) in [4.78, 5) is 76.2. The maximum Gasteiger partial charge on any atom is 0.326 e. The van der Waals surface area contributed by atoms with Crippen molar-refractivity contribution in [1.82, 2.24) is 21.3 Å². The van der Waals surface area contributed by atoms with Crippen LogP contribution in [0.15, 0.2) is 0 Å². The standard InChI is InChI=1S/C37H68N4O9/c1-10-25(8)20-26(9)13-11-12-14-27(42)21-32(43)38-28(15-16-33(44)45)34(46)39-29(17-22(2)3)35(47)40-30(18-23(4)5)36(48)41-31(37(49)50)19-24(6)7/h22-31,42H,10-21H2,1-9H3,(H,38,43)(H,39,46)(H,40,47)(H,41,48)(H,44,45)(H,49,50). The normalized spacial score (nSPS) is 15.8. The molecule has 7 atom stereocenters. The molecule has 0 radical (unpaired) electrons. The third-order valence-corrected chi connectivity index (χ3v) is 8.71. The molecular weight excluding hydrogens is 644 g/mol. The first-order valence-corrected chi connectivity index (χ1v) is 18.6. The lowest BCUT2D eigenvalue weighted by atomic mass is 9.91. The minimum atomic E-state index is -1.28. The first kappa shape index (κ1) is 46.8. The number of nitrogens with one attached hydrogen (secondary N) is 4. The largest absolute Gasteiger partial charge is 0.481 e. The molecule has 0 heterocycles. The van der Waals surface area contributed by atoms with Crippen LogP contribution >= 0.6 is 0 Å². The Balaban J connectivity index is 5.63. The average molecular weight is 713 g/mol. The van der Waals surface area contributed by atoms with Crippen molar-refractivity contribution in [2.75, 3.05) is 0 Å². The zero-order valence-corrected chi connectivity index (χ0v) is 32.0. The Hall–Kier alpha value is -3.22. The molecule has 0 aromatic rings. The highest BCUT2D eigenvalue weighted by Gasteiger charge is 2.32. The Labute approximate surface area is 299 Å². The number of amides is 4. The molecule has 13 nitrogen and oxygen atoms in total. The number of aliphatic hydroxyl groups excluding tert-OH is 1. The van der Waals surface area contributed by atoms with Crippen LogP contribution in [0.1, 0.15) is 139 Å². The minimum absolute atomic E-state index is 0.00359. The second-order valence-electron chi connectivity index (χ2n) is 15.5. The van der Waals surface area contributed by atoms with E-state index in [0.717, 1.165) is 32.1 Å². The van der Waals surface area contributed by atoms with Crippen molar-refractivity contribution >= 4 is 35.6 Å². The number of carboxylic acid groups (broad SMARTS) is 2. The van der Waals surface area contributed by atoms with Crippen molar-refractivity contribution < 1.29 is 44.1 Å². The van der Waals surface area contributed by atoms with Crippen molar-refractivity contribution in [3.8, 4) is 0 Å². The molecule has 0 fully saturated rings. The van der Waals surface area contributed by atoms with Crippen LogP contribution in [0, 0.1) is 29.6 Å². The quantitative estimate of drug-likeness (QED) is 0.0601. The smallest absolute Gasteiger partial charge is 0.326 e. The van der Waals surface area contributed by atoms with E-state index in [1.807, 2.05) is 41.5 Å². The number of aliphatic hydroxyl groups is 1. The van der Waals surface area contributed by atoms with Crippen molar-refractivity contribution in [3.05, 3.63) is 0 Å². The molecule has 0 aliphatic heterocycles. The minimum Gasteiger partial charge on any atom is -0.481 e. The molecule has 13 heteroatoms. The van der Waals surface area contributed by atoms with Gasteiger partial charge in [0.15, 0.2) is 0 Å². The summed E-state index contributed by atoms with van der Waals surface area (Å²) in [6.07, 6.45) is 4.18. The summed E-state index contributed by atoms with van der Waals surface area (Å²) < 4.78 is 0. The van der Waals surface area contributed by atoms with Crippen LogP contribution in [0.25, 0.3) is 0 Å². The lowest BCUT2D eigenvalue weighted by molar-refractivity contribution is -0.143. The second-order valence-corrected chi connectivity index (χ2v) is 15.5. The van der Waals surface area contributed by atoms with Gasteiger partial charge in [-0.1, -0.05) is 88.0 Å². The van der Waals surface area contributed by atoms with E-state index >= 15 is 0 Å². The van der Waals surface area contributed by atoms with Gasteiger partial charge in [0.05, 0.1) is 12.5 Å². The number of aliphatic carboxylic acids is 2. The van der Waals surface area contributed by atoms with Gasteiger partial charge in [-0.3, -0.25) is 24.0 Å². The Kier molecular flexibility index (Phi) is 23.2. The molecule has 0 aliphatic rings. The second kappa shape index (κ2) is 24.8. The fourth-order valence-corrected chi connectivity index (χ4v) is 5.87. The maximum absolute atomic E-state index is 13.6. The summed E-state index contributed by atoms with van der Waals surface area (Å²) in [7, 11) is 0. The summed E-state index contributed by atoms with van der Waals surface area (Å²) in [5.41, 5.74) is 0.